The Kier molecular flexibility index (Phi) is 5.73. The maximum atomic E-state index is 12.3. The van der Waals surface area contributed by atoms with Gasteiger partial charge in [-0.15, -0.1) is 5.10 Å². The lowest BCUT2D eigenvalue weighted by molar-refractivity contribution is -0.120. The Morgan fingerprint density at radius 3 is 2.42 bits per heavy atom. The summed E-state index contributed by atoms with van der Waals surface area (Å²) in [5.74, 6) is 0.789. The minimum atomic E-state index is 0.0294. The molecule has 0 aliphatic carbocycles. The molecule has 1 aromatic heterocycles. The Bertz CT molecular complexity index is 813. The summed E-state index contributed by atoms with van der Waals surface area (Å²) in [6.07, 6.45) is 1.90. The molecule has 6 heteroatoms. The van der Waals surface area contributed by atoms with Crippen molar-refractivity contribution in [3.63, 3.8) is 0 Å². The standard InChI is InChI=1S/C20H23N5O/c1-15(2)19(17-6-4-3-5-7-17)13-21-20(26)12-16-8-10-18(11-9-16)25-14-22-23-24-25/h3-11,14-15,19H,12-13H2,1-2H3,(H,21,26)/t19-/m0/s1. The van der Waals surface area contributed by atoms with Crippen LogP contribution in [0.15, 0.2) is 60.9 Å². The molecule has 0 radical (unpaired) electrons. The molecule has 3 rings (SSSR count). The third-order valence-corrected chi connectivity index (χ3v) is 4.47. The molecule has 0 saturated carbocycles. The number of carbonyl (C=O) groups is 1. The molecule has 1 amide bonds. The molecular weight excluding hydrogens is 326 g/mol. The van der Waals surface area contributed by atoms with E-state index in [-0.39, 0.29) is 5.91 Å². The molecule has 2 aromatic carbocycles. The third kappa shape index (κ3) is 4.53. The molecule has 0 aliphatic rings. The van der Waals surface area contributed by atoms with E-state index in [0.29, 0.717) is 24.8 Å². The summed E-state index contributed by atoms with van der Waals surface area (Å²) in [5, 5.41) is 14.2. The van der Waals surface area contributed by atoms with Crippen LogP contribution in [0.1, 0.15) is 30.9 Å². The van der Waals surface area contributed by atoms with Gasteiger partial charge in [-0.25, -0.2) is 4.68 Å². The minimum Gasteiger partial charge on any atom is -0.355 e. The van der Waals surface area contributed by atoms with Crippen molar-refractivity contribution >= 4 is 5.91 Å². The molecular formula is C20H23N5O. The van der Waals surface area contributed by atoms with E-state index in [9.17, 15) is 4.79 Å². The van der Waals surface area contributed by atoms with Gasteiger partial charge in [-0.2, -0.15) is 0 Å². The summed E-state index contributed by atoms with van der Waals surface area (Å²) in [5.41, 5.74) is 3.08. The van der Waals surface area contributed by atoms with Crippen LogP contribution in [0, 0.1) is 5.92 Å². The number of rotatable bonds is 7. The molecule has 0 aliphatic heterocycles. The van der Waals surface area contributed by atoms with Crippen molar-refractivity contribution in [1.82, 2.24) is 25.5 Å². The molecule has 3 aromatic rings. The van der Waals surface area contributed by atoms with Crippen molar-refractivity contribution in [2.75, 3.05) is 6.54 Å². The van der Waals surface area contributed by atoms with E-state index < -0.39 is 0 Å². The van der Waals surface area contributed by atoms with Crippen LogP contribution in [0.2, 0.25) is 0 Å². The van der Waals surface area contributed by atoms with Gasteiger partial charge in [0.2, 0.25) is 5.91 Å². The topological polar surface area (TPSA) is 72.7 Å². The van der Waals surface area contributed by atoms with Crippen LogP contribution in [0.3, 0.4) is 0 Å². The van der Waals surface area contributed by atoms with Gasteiger partial charge in [0.1, 0.15) is 6.33 Å². The summed E-state index contributed by atoms with van der Waals surface area (Å²) < 4.78 is 1.58. The Hall–Kier alpha value is -3.02. The Labute approximate surface area is 153 Å². The first-order valence-corrected chi connectivity index (χ1v) is 8.77. The average Bonchev–Trinajstić information content (AvgIpc) is 3.18. The summed E-state index contributed by atoms with van der Waals surface area (Å²) in [6, 6.07) is 18.0. The lowest BCUT2D eigenvalue weighted by atomic mass is 9.88. The maximum Gasteiger partial charge on any atom is 0.224 e. The van der Waals surface area contributed by atoms with Crippen LogP contribution in [0.5, 0.6) is 0 Å². The SMILES string of the molecule is CC(C)[C@H](CNC(=O)Cc1ccc(-n2cnnn2)cc1)c1ccccc1. The van der Waals surface area contributed by atoms with Gasteiger partial charge in [0.15, 0.2) is 0 Å². The van der Waals surface area contributed by atoms with Gasteiger partial charge < -0.3 is 5.32 Å². The van der Waals surface area contributed by atoms with Crippen LogP contribution < -0.4 is 5.32 Å². The molecule has 26 heavy (non-hydrogen) atoms. The monoisotopic (exact) mass is 349 g/mol. The van der Waals surface area contributed by atoms with E-state index in [2.05, 4.69) is 46.8 Å². The highest BCUT2D eigenvalue weighted by Gasteiger charge is 2.16. The van der Waals surface area contributed by atoms with Gasteiger partial charge >= 0.3 is 0 Å². The minimum absolute atomic E-state index is 0.0294. The summed E-state index contributed by atoms with van der Waals surface area (Å²) in [6.45, 7) is 5.01. The second-order valence-corrected chi connectivity index (χ2v) is 6.66. The number of nitrogens with zero attached hydrogens (tertiary/aromatic N) is 4. The van der Waals surface area contributed by atoms with Crippen LogP contribution >= 0.6 is 0 Å². The Morgan fingerprint density at radius 1 is 1.08 bits per heavy atom. The smallest absolute Gasteiger partial charge is 0.224 e. The van der Waals surface area contributed by atoms with E-state index >= 15 is 0 Å². The predicted molar refractivity (Wildman–Crippen MR) is 99.9 cm³/mol. The number of amides is 1. The van der Waals surface area contributed by atoms with Crippen molar-refractivity contribution in [2.45, 2.75) is 26.2 Å². The first-order chi connectivity index (χ1) is 12.6. The molecule has 6 nitrogen and oxygen atoms in total. The molecule has 1 heterocycles. The van der Waals surface area contributed by atoms with Gasteiger partial charge in [0.05, 0.1) is 12.1 Å². The zero-order valence-electron chi connectivity index (χ0n) is 15.0. The van der Waals surface area contributed by atoms with E-state index in [1.54, 1.807) is 4.68 Å². The average molecular weight is 349 g/mol. The number of tetrazole rings is 1. The van der Waals surface area contributed by atoms with Crippen molar-refractivity contribution in [2.24, 2.45) is 5.92 Å². The Balaban J connectivity index is 1.56. The van der Waals surface area contributed by atoms with Crippen LogP contribution in [-0.2, 0) is 11.2 Å². The highest BCUT2D eigenvalue weighted by Crippen LogP contribution is 2.23. The van der Waals surface area contributed by atoms with Crippen molar-refractivity contribution in [1.29, 1.82) is 0 Å². The number of hydrogen-bond donors (Lipinski definition) is 1. The lowest BCUT2D eigenvalue weighted by Crippen LogP contribution is -2.31. The van der Waals surface area contributed by atoms with E-state index in [1.165, 1.54) is 11.9 Å². The first-order valence-electron chi connectivity index (χ1n) is 8.77. The normalized spacial score (nSPS) is 12.1. The fourth-order valence-electron chi connectivity index (χ4n) is 2.96. The molecule has 0 fully saturated rings. The largest absolute Gasteiger partial charge is 0.355 e. The number of carbonyl (C=O) groups excluding carboxylic acids is 1. The predicted octanol–water partition coefficient (Wildman–Crippen LogP) is 2.76. The highest BCUT2D eigenvalue weighted by atomic mass is 16.1. The third-order valence-electron chi connectivity index (χ3n) is 4.47. The van der Waals surface area contributed by atoms with E-state index in [1.807, 2.05) is 42.5 Å². The molecule has 134 valence electrons. The number of nitrogens with one attached hydrogen (secondary N) is 1. The lowest BCUT2D eigenvalue weighted by Gasteiger charge is -2.22. The van der Waals surface area contributed by atoms with Gasteiger partial charge in [-0.1, -0.05) is 56.3 Å². The number of hydrogen-bond acceptors (Lipinski definition) is 4. The van der Waals surface area contributed by atoms with Crippen molar-refractivity contribution in [3.8, 4) is 5.69 Å². The molecule has 0 saturated heterocycles. The summed E-state index contributed by atoms with van der Waals surface area (Å²) in [7, 11) is 0. The van der Waals surface area contributed by atoms with Gasteiger partial charge in [0, 0.05) is 12.5 Å². The zero-order chi connectivity index (χ0) is 18.4. The first kappa shape index (κ1) is 17.8. The number of benzene rings is 2. The second-order valence-electron chi connectivity index (χ2n) is 6.66. The molecule has 0 bridgehead atoms. The van der Waals surface area contributed by atoms with Crippen LogP contribution in [0.25, 0.3) is 5.69 Å². The van der Waals surface area contributed by atoms with Crippen LogP contribution in [-0.4, -0.2) is 32.7 Å². The van der Waals surface area contributed by atoms with Crippen molar-refractivity contribution in [3.05, 3.63) is 72.1 Å². The van der Waals surface area contributed by atoms with Crippen molar-refractivity contribution < 1.29 is 4.79 Å². The fourth-order valence-corrected chi connectivity index (χ4v) is 2.96. The zero-order valence-corrected chi connectivity index (χ0v) is 15.0. The van der Waals surface area contributed by atoms with Gasteiger partial charge in [0.25, 0.3) is 0 Å². The molecule has 0 spiro atoms. The fraction of sp³-hybridized carbons (Fsp3) is 0.300. The second kappa shape index (κ2) is 8.38. The quantitative estimate of drug-likeness (QED) is 0.712. The molecule has 1 atom stereocenters. The van der Waals surface area contributed by atoms with Gasteiger partial charge in [-0.05, 0) is 39.6 Å². The Morgan fingerprint density at radius 2 is 1.81 bits per heavy atom. The summed E-state index contributed by atoms with van der Waals surface area (Å²) >= 11 is 0. The van der Waals surface area contributed by atoms with Crippen LogP contribution in [0.4, 0.5) is 0 Å². The summed E-state index contributed by atoms with van der Waals surface area (Å²) in [4.78, 5) is 12.3. The maximum absolute atomic E-state index is 12.3. The molecule has 0 unspecified atom stereocenters. The van der Waals surface area contributed by atoms with E-state index in [4.69, 9.17) is 0 Å². The molecule has 1 N–H and O–H groups in total. The van der Waals surface area contributed by atoms with E-state index in [0.717, 1.165) is 11.3 Å². The highest BCUT2D eigenvalue weighted by molar-refractivity contribution is 5.78. The van der Waals surface area contributed by atoms with Gasteiger partial charge in [-0.3, -0.25) is 4.79 Å². The number of aromatic nitrogens is 4.